The Morgan fingerprint density at radius 1 is 1.46 bits per heavy atom. The third-order valence-electron chi connectivity index (χ3n) is 2.91. The lowest BCUT2D eigenvalue weighted by molar-refractivity contribution is 0.128. The van der Waals surface area contributed by atoms with Gasteiger partial charge in [0, 0.05) is 12.6 Å². The predicted octanol–water partition coefficient (Wildman–Crippen LogP) is 0.993. The smallest absolute Gasteiger partial charge is 0.0672 e. The summed E-state index contributed by atoms with van der Waals surface area (Å²) in [4.78, 5) is 2.12. The number of hydrogen-bond donors (Lipinski definition) is 1. The van der Waals surface area contributed by atoms with Crippen molar-refractivity contribution < 1.29 is 5.11 Å². The minimum absolute atomic E-state index is 0.172. The van der Waals surface area contributed by atoms with Gasteiger partial charge in [-0.2, -0.15) is 5.26 Å². The van der Waals surface area contributed by atoms with Crippen molar-refractivity contribution in [1.82, 2.24) is 4.90 Å². The molecule has 3 heteroatoms. The minimum atomic E-state index is 0.172. The zero-order valence-electron chi connectivity index (χ0n) is 8.24. The van der Waals surface area contributed by atoms with Crippen molar-refractivity contribution in [2.75, 3.05) is 20.2 Å². The first-order valence-electron chi connectivity index (χ1n) is 5.00. The van der Waals surface area contributed by atoms with Crippen LogP contribution in [-0.2, 0) is 0 Å². The number of likely N-dealkylation sites (N-methyl/N-ethyl adjacent to an activating group) is 1. The van der Waals surface area contributed by atoms with Gasteiger partial charge in [-0.3, -0.25) is 4.90 Å². The monoisotopic (exact) mass is 182 g/mol. The molecule has 0 aromatic heterocycles. The Morgan fingerprint density at radius 2 is 2.15 bits per heavy atom. The molecule has 0 amide bonds. The maximum absolute atomic E-state index is 8.94. The molecule has 0 spiro atoms. The number of aliphatic hydroxyl groups excluding tert-OH is 1. The summed E-state index contributed by atoms with van der Waals surface area (Å²) in [6.07, 6.45) is 4.53. The zero-order chi connectivity index (χ0) is 9.68. The molecule has 0 saturated heterocycles. The van der Waals surface area contributed by atoms with Gasteiger partial charge in [0.15, 0.2) is 0 Å². The van der Waals surface area contributed by atoms with Crippen LogP contribution in [0.5, 0.6) is 0 Å². The maximum Gasteiger partial charge on any atom is 0.0672 e. The molecule has 1 N–H and O–H groups in total. The summed E-state index contributed by atoms with van der Waals surface area (Å²) in [6.45, 7) is 0.869. The molecule has 74 valence electrons. The van der Waals surface area contributed by atoms with Gasteiger partial charge >= 0.3 is 0 Å². The minimum Gasteiger partial charge on any atom is -0.395 e. The van der Waals surface area contributed by atoms with Gasteiger partial charge in [0.1, 0.15) is 0 Å². The van der Waals surface area contributed by atoms with Crippen molar-refractivity contribution in [3.8, 4) is 6.07 Å². The first-order chi connectivity index (χ1) is 6.29. The van der Waals surface area contributed by atoms with Crippen LogP contribution in [0.4, 0.5) is 0 Å². The summed E-state index contributed by atoms with van der Waals surface area (Å²) >= 11 is 0. The lowest BCUT2D eigenvalue weighted by Gasteiger charge is -2.34. The highest BCUT2D eigenvalue weighted by Crippen LogP contribution is 2.26. The van der Waals surface area contributed by atoms with E-state index in [1.54, 1.807) is 0 Å². The number of rotatable bonds is 3. The molecule has 13 heavy (non-hydrogen) atoms. The highest BCUT2D eigenvalue weighted by Gasteiger charge is 2.27. The molecule has 2 atom stereocenters. The van der Waals surface area contributed by atoms with Crippen LogP contribution in [0.3, 0.4) is 0 Å². The van der Waals surface area contributed by atoms with E-state index in [0.717, 1.165) is 12.8 Å². The SMILES string of the molecule is CN(CCO)C1CCCCC1C#N. The van der Waals surface area contributed by atoms with E-state index >= 15 is 0 Å². The second kappa shape index (κ2) is 5.21. The topological polar surface area (TPSA) is 47.3 Å². The molecule has 0 bridgehead atoms. The zero-order valence-corrected chi connectivity index (χ0v) is 8.24. The number of nitrogens with zero attached hydrogens (tertiary/aromatic N) is 2. The Kier molecular flexibility index (Phi) is 4.20. The Labute approximate surface area is 80.0 Å². The van der Waals surface area contributed by atoms with Gasteiger partial charge in [0.05, 0.1) is 18.6 Å². The van der Waals surface area contributed by atoms with Crippen LogP contribution in [-0.4, -0.2) is 36.2 Å². The maximum atomic E-state index is 8.94. The van der Waals surface area contributed by atoms with E-state index in [1.165, 1.54) is 12.8 Å². The van der Waals surface area contributed by atoms with Crippen LogP contribution < -0.4 is 0 Å². The molecule has 1 aliphatic carbocycles. The second-order valence-corrected chi connectivity index (χ2v) is 3.79. The van der Waals surface area contributed by atoms with Gasteiger partial charge < -0.3 is 5.11 Å². The van der Waals surface area contributed by atoms with E-state index in [2.05, 4.69) is 11.0 Å². The second-order valence-electron chi connectivity index (χ2n) is 3.79. The van der Waals surface area contributed by atoms with E-state index in [0.29, 0.717) is 12.6 Å². The quantitative estimate of drug-likeness (QED) is 0.708. The molecule has 1 rings (SSSR count). The summed E-state index contributed by atoms with van der Waals surface area (Å²) in [5, 5.41) is 17.7. The molecule has 0 heterocycles. The number of nitriles is 1. The fourth-order valence-corrected chi connectivity index (χ4v) is 2.11. The van der Waals surface area contributed by atoms with E-state index in [-0.39, 0.29) is 12.5 Å². The van der Waals surface area contributed by atoms with Gasteiger partial charge in [-0.15, -0.1) is 0 Å². The highest BCUT2D eigenvalue weighted by molar-refractivity contribution is 4.94. The predicted molar refractivity (Wildman–Crippen MR) is 51.1 cm³/mol. The van der Waals surface area contributed by atoms with Gasteiger partial charge in [-0.25, -0.2) is 0 Å². The third-order valence-corrected chi connectivity index (χ3v) is 2.91. The normalized spacial score (nSPS) is 28.8. The van der Waals surface area contributed by atoms with Crippen LogP contribution in [0, 0.1) is 17.2 Å². The Morgan fingerprint density at radius 3 is 2.77 bits per heavy atom. The fraction of sp³-hybridized carbons (Fsp3) is 0.900. The Bertz CT molecular complexity index is 188. The van der Waals surface area contributed by atoms with Crippen molar-refractivity contribution >= 4 is 0 Å². The molecule has 3 nitrogen and oxygen atoms in total. The standard InChI is InChI=1S/C10H18N2O/c1-12(6-7-13)10-5-3-2-4-9(10)8-11/h9-10,13H,2-7H2,1H3. The largest absolute Gasteiger partial charge is 0.395 e. The van der Waals surface area contributed by atoms with Crippen molar-refractivity contribution in [3.63, 3.8) is 0 Å². The van der Waals surface area contributed by atoms with Crippen molar-refractivity contribution in [2.24, 2.45) is 5.92 Å². The summed E-state index contributed by atoms with van der Waals surface area (Å²) < 4.78 is 0. The average molecular weight is 182 g/mol. The summed E-state index contributed by atoms with van der Waals surface area (Å²) in [7, 11) is 2.00. The Hall–Kier alpha value is -0.590. The van der Waals surface area contributed by atoms with Crippen LogP contribution in [0.25, 0.3) is 0 Å². The molecule has 2 unspecified atom stereocenters. The van der Waals surface area contributed by atoms with Crippen LogP contribution in [0.1, 0.15) is 25.7 Å². The molecular formula is C10H18N2O. The van der Waals surface area contributed by atoms with Crippen molar-refractivity contribution in [2.45, 2.75) is 31.7 Å². The van der Waals surface area contributed by atoms with Crippen LogP contribution in [0.15, 0.2) is 0 Å². The lowest BCUT2D eigenvalue weighted by Crippen LogP contribution is -2.40. The average Bonchev–Trinajstić information content (AvgIpc) is 2.18. The van der Waals surface area contributed by atoms with Crippen molar-refractivity contribution in [1.29, 1.82) is 5.26 Å². The number of hydrogen-bond acceptors (Lipinski definition) is 3. The van der Waals surface area contributed by atoms with E-state index in [4.69, 9.17) is 10.4 Å². The molecule has 0 radical (unpaired) electrons. The highest BCUT2D eigenvalue weighted by atomic mass is 16.3. The molecule has 1 aliphatic rings. The number of aliphatic hydroxyl groups is 1. The van der Waals surface area contributed by atoms with Crippen molar-refractivity contribution in [3.05, 3.63) is 0 Å². The first-order valence-corrected chi connectivity index (χ1v) is 5.00. The molecule has 1 fully saturated rings. The summed E-state index contributed by atoms with van der Waals surface area (Å²) in [5.74, 6) is 0.172. The molecule has 0 aromatic rings. The third kappa shape index (κ3) is 2.68. The van der Waals surface area contributed by atoms with Gasteiger partial charge in [0.25, 0.3) is 0 Å². The van der Waals surface area contributed by atoms with Gasteiger partial charge in [-0.1, -0.05) is 12.8 Å². The molecule has 0 aliphatic heterocycles. The first kappa shape index (κ1) is 10.5. The van der Waals surface area contributed by atoms with Crippen LogP contribution in [0.2, 0.25) is 0 Å². The molecule has 0 aromatic carbocycles. The van der Waals surface area contributed by atoms with Gasteiger partial charge in [0.2, 0.25) is 0 Å². The summed E-state index contributed by atoms with van der Waals surface area (Å²) in [6, 6.07) is 2.74. The van der Waals surface area contributed by atoms with E-state index in [9.17, 15) is 0 Å². The lowest BCUT2D eigenvalue weighted by atomic mass is 9.85. The summed E-state index contributed by atoms with van der Waals surface area (Å²) in [5.41, 5.74) is 0. The molecule has 1 saturated carbocycles. The van der Waals surface area contributed by atoms with E-state index < -0.39 is 0 Å². The Balaban J connectivity index is 2.49. The molecular weight excluding hydrogens is 164 g/mol. The van der Waals surface area contributed by atoms with Crippen LogP contribution >= 0.6 is 0 Å². The van der Waals surface area contributed by atoms with E-state index in [1.807, 2.05) is 7.05 Å². The van der Waals surface area contributed by atoms with Gasteiger partial charge in [-0.05, 0) is 19.9 Å². The fourth-order valence-electron chi connectivity index (χ4n) is 2.11.